The molecule has 0 heterocycles. The number of benzene rings is 2. The summed E-state index contributed by atoms with van der Waals surface area (Å²) in [5, 5.41) is 4.43. The number of rotatable bonds is 11. The monoisotopic (exact) mass is 417 g/mol. The Kier molecular flexibility index (Phi) is 8.22. The first-order valence-electron chi connectivity index (χ1n) is 9.86. The summed E-state index contributed by atoms with van der Waals surface area (Å²) in [6, 6.07) is 11.1. The third-order valence-electron chi connectivity index (χ3n) is 4.70. The minimum absolute atomic E-state index is 0.120. The van der Waals surface area contributed by atoms with E-state index >= 15 is 0 Å². The second-order valence-electron chi connectivity index (χ2n) is 7.37. The molecule has 29 heavy (non-hydrogen) atoms. The molecule has 0 saturated carbocycles. The normalized spacial score (nSPS) is 11.4. The van der Waals surface area contributed by atoms with Crippen LogP contribution in [0.4, 0.5) is 5.69 Å². The molecule has 0 radical (unpaired) electrons. The van der Waals surface area contributed by atoms with E-state index < -0.39 is 10.0 Å². The van der Waals surface area contributed by atoms with Gasteiger partial charge >= 0.3 is 0 Å². The van der Waals surface area contributed by atoms with Crippen LogP contribution < -0.4 is 14.9 Å². The van der Waals surface area contributed by atoms with Crippen LogP contribution in [0.1, 0.15) is 32.6 Å². The molecule has 2 N–H and O–H groups in total. The largest absolute Gasteiger partial charge is 0.377 e. The Morgan fingerprint density at radius 1 is 0.966 bits per heavy atom. The van der Waals surface area contributed by atoms with Crippen LogP contribution in [-0.4, -0.2) is 41.5 Å². The maximum absolute atomic E-state index is 12.8. The van der Waals surface area contributed by atoms with Crippen LogP contribution in [0, 0.1) is 0 Å². The lowest BCUT2D eigenvalue weighted by atomic mass is 10.1. The molecule has 0 aliphatic heterocycles. The van der Waals surface area contributed by atoms with Crippen molar-refractivity contribution in [3.63, 3.8) is 0 Å². The van der Waals surface area contributed by atoms with Crippen LogP contribution in [-0.2, 0) is 14.8 Å². The van der Waals surface area contributed by atoms with Crippen molar-refractivity contribution < 1.29 is 13.2 Å². The number of nitrogens with zero attached hydrogens (tertiary/aromatic N) is 1. The van der Waals surface area contributed by atoms with Crippen molar-refractivity contribution in [1.82, 2.24) is 10.0 Å². The first-order chi connectivity index (χ1) is 13.7. The number of fused-ring (bicyclic) bond motifs is 1. The molecule has 0 spiro atoms. The molecule has 0 unspecified atom stereocenters. The molecule has 0 fully saturated rings. The Labute approximate surface area is 174 Å². The van der Waals surface area contributed by atoms with E-state index in [0.29, 0.717) is 23.6 Å². The fourth-order valence-corrected chi connectivity index (χ4v) is 4.42. The molecule has 2 aromatic rings. The standard InChI is InChI=1S/C22H31N3O3S/c1-17(2)22(26)23-15-7-5-6-8-16-24-29(27,28)21-14-10-11-18-19(21)12-9-13-20(18)25(3)4/h9-14,24H,1,5-8,15-16H2,2-4H3,(H,23,26). The van der Waals surface area contributed by atoms with Gasteiger partial charge in [-0.3, -0.25) is 4.79 Å². The van der Waals surface area contributed by atoms with Crippen molar-refractivity contribution >= 4 is 32.4 Å². The summed E-state index contributed by atoms with van der Waals surface area (Å²) in [6.45, 7) is 6.28. The Balaban J connectivity index is 1.88. The zero-order valence-electron chi connectivity index (χ0n) is 17.5. The summed E-state index contributed by atoms with van der Waals surface area (Å²) in [5.74, 6) is -0.120. The minimum atomic E-state index is -3.58. The number of unbranched alkanes of at least 4 members (excludes halogenated alkanes) is 3. The van der Waals surface area contributed by atoms with Gasteiger partial charge in [0.05, 0.1) is 4.90 Å². The van der Waals surface area contributed by atoms with Gasteiger partial charge in [-0.25, -0.2) is 13.1 Å². The predicted octanol–water partition coefficient (Wildman–Crippen LogP) is 3.44. The van der Waals surface area contributed by atoms with E-state index in [0.717, 1.165) is 42.1 Å². The molecule has 6 nitrogen and oxygen atoms in total. The lowest BCUT2D eigenvalue weighted by Crippen LogP contribution is -2.25. The molecule has 158 valence electrons. The molecule has 2 rings (SSSR count). The maximum atomic E-state index is 12.8. The number of carbonyl (C=O) groups is 1. The van der Waals surface area contributed by atoms with E-state index in [1.807, 2.05) is 43.3 Å². The fraction of sp³-hybridized carbons (Fsp3) is 0.409. The van der Waals surface area contributed by atoms with Gasteiger partial charge in [-0.2, -0.15) is 0 Å². The van der Waals surface area contributed by atoms with Crippen molar-refractivity contribution in [2.75, 3.05) is 32.1 Å². The minimum Gasteiger partial charge on any atom is -0.377 e. The number of sulfonamides is 1. The van der Waals surface area contributed by atoms with Gasteiger partial charge in [0.2, 0.25) is 15.9 Å². The molecule has 0 aromatic heterocycles. The molecular weight excluding hydrogens is 386 g/mol. The Hall–Kier alpha value is -2.38. The molecular formula is C22H31N3O3S. The first kappa shape index (κ1) is 22.9. The second kappa shape index (κ2) is 10.4. The van der Waals surface area contributed by atoms with Gasteiger partial charge in [0.25, 0.3) is 0 Å². The molecule has 2 aromatic carbocycles. The van der Waals surface area contributed by atoms with Gasteiger partial charge in [0.1, 0.15) is 0 Å². The smallest absolute Gasteiger partial charge is 0.246 e. The van der Waals surface area contributed by atoms with Gasteiger partial charge in [-0.15, -0.1) is 0 Å². The number of hydrogen-bond acceptors (Lipinski definition) is 4. The van der Waals surface area contributed by atoms with E-state index in [1.165, 1.54) is 0 Å². The summed E-state index contributed by atoms with van der Waals surface area (Å²) in [6.07, 6.45) is 3.44. The van der Waals surface area contributed by atoms with Crippen LogP contribution in [0.5, 0.6) is 0 Å². The van der Waals surface area contributed by atoms with Gasteiger partial charge in [-0.1, -0.05) is 43.7 Å². The lowest BCUT2D eigenvalue weighted by Gasteiger charge is -2.17. The van der Waals surface area contributed by atoms with Gasteiger partial charge in [0, 0.05) is 49.2 Å². The molecule has 0 saturated heterocycles. The summed E-state index contributed by atoms with van der Waals surface area (Å²) in [7, 11) is 0.303. The summed E-state index contributed by atoms with van der Waals surface area (Å²) < 4.78 is 28.4. The summed E-state index contributed by atoms with van der Waals surface area (Å²) in [4.78, 5) is 13.7. The molecule has 1 amide bonds. The highest BCUT2D eigenvalue weighted by Crippen LogP contribution is 2.30. The fourth-order valence-electron chi connectivity index (χ4n) is 3.13. The SMILES string of the molecule is C=C(C)C(=O)NCCCCCCNS(=O)(=O)c1cccc2c(N(C)C)cccc12. The number of carbonyl (C=O) groups excluding carboxylic acids is 1. The number of nitrogens with one attached hydrogen (secondary N) is 2. The Morgan fingerprint density at radius 3 is 2.24 bits per heavy atom. The Bertz CT molecular complexity index is 968. The number of hydrogen-bond donors (Lipinski definition) is 2. The molecule has 0 aliphatic carbocycles. The highest BCUT2D eigenvalue weighted by molar-refractivity contribution is 7.89. The van der Waals surface area contributed by atoms with Crippen LogP contribution in [0.25, 0.3) is 10.8 Å². The van der Waals surface area contributed by atoms with Crippen molar-refractivity contribution in [2.24, 2.45) is 0 Å². The van der Waals surface area contributed by atoms with E-state index in [9.17, 15) is 13.2 Å². The van der Waals surface area contributed by atoms with Crippen molar-refractivity contribution in [3.05, 3.63) is 48.6 Å². The van der Waals surface area contributed by atoms with E-state index in [2.05, 4.69) is 16.6 Å². The molecule has 7 heteroatoms. The maximum Gasteiger partial charge on any atom is 0.246 e. The van der Waals surface area contributed by atoms with Crippen molar-refractivity contribution in [3.8, 4) is 0 Å². The van der Waals surface area contributed by atoms with Gasteiger partial charge in [-0.05, 0) is 31.9 Å². The second-order valence-corrected chi connectivity index (χ2v) is 9.11. The van der Waals surface area contributed by atoms with E-state index in [4.69, 9.17) is 0 Å². The summed E-state index contributed by atoms with van der Waals surface area (Å²) in [5.41, 5.74) is 1.49. The Morgan fingerprint density at radius 2 is 1.59 bits per heavy atom. The van der Waals surface area contributed by atoms with Crippen molar-refractivity contribution in [1.29, 1.82) is 0 Å². The lowest BCUT2D eigenvalue weighted by molar-refractivity contribution is -0.117. The first-order valence-corrected chi connectivity index (χ1v) is 11.3. The van der Waals surface area contributed by atoms with E-state index in [1.54, 1.807) is 19.1 Å². The van der Waals surface area contributed by atoms with Crippen LogP contribution >= 0.6 is 0 Å². The zero-order valence-corrected chi connectivity index (χ0v) is 18.3. The van der Waals surface area contributed by atoms with Gasteiger partial charge < -0.3 is 10.2 Å². The average molecular weight is 418 g/mol. The molecule has 0 bridgehead atoms. The average Bonchev–Trinajstić information content (AvgIpc) is 2.68. The third kappa shape index (κ3) is 6.30. The van der Waals surface area contributed by atoms with E-state index in [-0.39, 0.29) is 5.91 Å². The highest BCUT2D eigenvalue weighted by atomic mass is 32.2. The van der Waals surface area contributed by atoms with Crippen LogP contribution in [0.3, 0.4) is 0 Å². The highest BCUT2D eigenvalue weighted by Gasteiger charge is 2.17. The third-order valence-corrected chi connectivity index (χ3v) is 6.22. The topological polar surface area (TPSA) is 78.5 Å². The van der Waals surface area contributed by atoms with Crippen molar-refractivity contribution in [2.45, 2.75) is 37.5 Å². The van der Waals surface area contributed by atoms with Gasteiger partial charge in [0.15, 0.2) is 0 Å². The molecule has 0 atom stereocenters. The van der Waals surface area contributed by atoms with Crippen LogP contribution in [0.15, 0.2) is 53.4 Å². The number of anilines is 1. The summed E-state index contributed by atoms with van der Waals surface area (Å²) >= 11 is 0. The van der Waals surface area contributed by atoms with Crippen LogP contribution in [0.2, 0.25) is 0 Å². The quantitative estimate of drug-likeness (QED) is 0.434. The molecule has 0 aliphatic rings. The zero-order chi connectivity index (χ0) is 21.4. The predicted molar refractivity (Wildman–Crippen MR) is 120 cm³/mol. The number of amides is 1.